The van der Waals surface area contributed by atoms with Gasteiger partial charge in [0.1, 0.15) is 11.6 Å². The summed E-state index contributed by atoms with van der Waals surface area (Å²) in [5.74, 6) is 1.45. The standard InChI is InChI=1S/C30H40ClN7O4S/c31-26-19-34-29(18-25(26)27-2-1-3-28(38-27)35-21-30(20-32)10-14-41-15-11-30)37-23-6-4-22(5-7-23)33-12-16-42-17-13-36-43(39,40)24-8-9-24/h1-3,18-19,23-24,36H,4-17,21H2,(H,34,37)(H,35,38). The highest BCUT2D eigenvalue weighted by Crippen LogP contribution is 2.32. The van der Waals surface area contributed by atoms with E-state index in [0.29, 0.717) is 69.7 Å². The number of nitrogens with zero attached hydrogens (tertiary/aromatic N) is 4. The summed E-state index contributed by atoms with van der Waals surface area (Å²) in [4.78, 5) is 14.0. The number of hydrogen-bond donors (Lipinski definition) is 3. The summed E-state index contributed by atoms with van der Waals surface area (Å²) < 4.78 is 37.2. The highest BCUT2D eigenvalue weighted by atomic mass is 35.5. The molecule has 0 spiro atoms. The predicted molar refractivity (Wildman–Crippen MR) is 168 cm³/mol. The second-order valence-corrected chi connectivity index (χ2v) is 13.9. The molecule has 1 aliphatic heterocycles. The van der Waals surface area contributed by atoms with Crippen molar-refractivity contribution in [2.24, 2.45) is 10.4 Å². The number of pyridine rings is 2. The Morgan fingerprint density at radius 2 is 1.93 bits per heavy atom. The smallest absolute Gasteiger partial charge is 0.214 e. The van der Waals surface area contributed by atoms with Gasteiger partial charge in [0.05, 0.1) is 47.2 Å². The third-order valence-corrected chi connectivity index (χ3v) is 10.4. The molecule has 1 saturated heterocycles. The molecule has 0 radical (unpaired) electrons. The summed E-state index contributed by atoms with van der Waals surface area (Å²) >= 11 is 6.55. The Labute approximate surface area is 258 Å². The van der Waals surface area contributed by atoms with Crippen LogP contribution in [0.2, 0.25) is 5.02 Å². The predicted octanol–water partition coefficient (Wildman–Crippen LogP) is 4.42. The number of nitrogens with one attached hydrogen (secondary N) is 3. The molecule has 0 bridgehead atoms. The first-order valence-electron chi connectivity index (χ1n) is 15.1. The van der Waals surface area contributed by atoms with Crippen molar-refractivity contribution in [2.75, 3.05) is 56.7 Å². The summed E-state index contributed by atoms with van der Waals surface area (Å²) in [6, 6.07) is 10.4. The van der Waals surface area contributed by atoms with E-state index in [0.717, 1.165) is 55.6 Å². The van der Waals surface area contributed by atoms with E-state index in [1.54, 1.807) is 6.20 Å². The Morgan fingerprint density at radius 3 is 2.67 bits per heavy atom. The molecule has 0 unspecified atom stereocenters. The van der Waals surface area contributed by atoms with Gasteiger partial charge in [-0.1, -0.05) is 17.7 Å². The van der Waals surface area contributed by atoms with Crippen LogP contribution in [0.25, 0.3) is 11.3 Å². The van der Waals surface area contributed by atoms with Gasteiger partial charge in [-0.2, -0.15) is 5.26 Å². The molecular formula is C30H40ClN7O4S. The van der Waals surface area contributed by atoms with Crippen molar-refractivity contribution in [1.82, 2.24) is 14.7 Å². The number of anilines is 2. The summed E-state index contributed by atoms with van der Waals surface area (Å²) in [5.41, 5.74) is 2.27. The number of aliphatic imine (C=N–C) groups is 1. The second-order valence-electron chi connectivity index (χ2n) is 11.4. The minimum absolute atomic E-state index is 0.204. The van der Waals surface area contributed by atoms with Gasteiger partial charge in [-0.25, -0.2) is 23.1 Å². The van der Waals surface area contributed by atoms with E-state index >= 15 is 0 Å². The fourth-order valence-electron chi connectivity index (χ4n) is 5.33. The fraction of sp³-hybridized carbons (Fsp3) is 0.600. The zero-order valence-corrected chi connectivity index (χ0v) is 25.9. The minimum Gasteiger partial charge on any atom is -0.381 e. The van der Waals surface area contributed by atoms with E-state index in [2.05, 4.69) is 26.4 Å². The molecule has 2 saturated carbocycles. The van der Waals surface area contributed by atoms with Crippen LogP contribution >= 0.6 is 11.6 Å². The summed E-state index contributed by atoms with van der Waals surface area (Å²) in [6.45, 7) is 3.44. The molecule has 13 heteroatoms. The maximum Gasteiger partial charge on any atom is 0.214 e. The van der Waals surface area contributed by atoms with Crippen molar-refractivity contribution in [3.8, 4) is 17.3 Å². The van der Waals surface area contributed by atoms with Gasteiger partial charge in [0.2, 0.25) is 10.0 Å². The van der Waals surface area contributed by atoms with Crippen LogP contribution in [0.15, 0.2) is 35.5 Å². The molecule has 2 aliphatic carbocycles. The lowest BCUT2D eigenvalue weighted by atomic mass is 9.82. The second kappa shape index (κ2) is 14.8. The van der Waals surface area contributed by atoms with Crippen molar-refractivity contribution >= 4 is 39.0 Å². The van der Waals surface area contributed by atoms with Crippen molar-refractivity contribution in [3.63, 3.8) is 0 Å². The van der Waals surface area contributed by atoms with Crippen LogP contribution in [0.5, 0.6) is 0 Å². The Balaban J connectivity index is 1.07. The lowest BCUT2D eigenvalue weighted by molar-refractivity contribution is 0.0455. The zero-order valence-electron chi connectivity index (χ0n) is 24.4. The molecule has 3 N–H and O–H groups in total. The lowest BCUT2D eigenvalue weighted by Gasteiger charge is -2.30. The number of ether oxygens (including phenoxy) is 2. The molecule has 2 aromatic heterocycles. The molecule has 43 heavy (non-hydrogen) atoms. The van der Waals surface area contributed by atoms with Crippen molar-refractivity contribution in [3.05, 3.63) is 35.5 Å². The number of halogens is 1. The van der Waals surface area contributed by atoms with Crippen LogP contribution in [-0.4, -0.2) is 81.5 Å². The normalized spacial score (nSPS) is 20.3. The van der Waals surface area contributed by atoms with Crippen LogP contribution in [0.1, 0.15) is 51.4 Å². The number of aromatic nitrogens is 2. The largest absolute Gasteiger partial charge is 0.381 e. The third-order valence-electron chi connectivity index (χ3n) is 8.17. The van der Waals surface area contributed by atoms with Crippen LogP contribution in [0.4, 0.5) is 11.6 Å². The molecular weight excluding hydrogens is 590 g/mol. The summed E-state index contributed by atoms with van der Waals surface area (Å²) in [7, 11) is -3.15. The quantitative estimate of drug-likeness (QED) is 0.258. The average Bonchev–Trinajstić information content (AvgIpc) is 3.89. The van der Waals surface area contributed by atoms with E-state index in [4.69, 9.17) is 31.1 Å². The van der Waals surface area contributed by atoms with E-state index in [1.165, 1.54) is 5.71 Å². The van der Waals surface area contributed by atoms with Crippen molar-refractivity contribution < 1.29 is 17.9 Å². The molecule has 5 rings (SSSR count). The van der Waals surface area contributed by atoms with E-state index < -0.39 is 15.4 Å². The number of hydrogen-bond acceptors (Lipinski definition) is 10. The van der Waals surface area contributed by atoms with Crippen LogP contribution < -0.4 is 15.4 Å². The first-order chi connectivity index (χ1) is 20.9. The first kappa shape index (κ1) is 31.6. The summed E-state index contributed by atoms with van der Waals surface area (Å²) in [6.07, 6.45) is 8.30. The molecule has 3 heterocycles. The highest BCUT2D eigenvalue weighted by molar-refractivity contribution is 7.90. The van der Waals surface area contributed by atoms with Gasteiger partial charge in [0.15, 0.2) is 0 Å². The van der Waals surface area contributed by atoms with Gasteiger partial charge in [0, 0.05) is 49.8 Å². The Morgan fingerprint density at radius 1 is 1.14 bits per heavy atom. The maximum absolute atomic E-state index is 11.8. The molecule has 232 valence electrons. The Bertz CT molecular complexity index is 1410. The molecule has 2 aromatic rings. The Hall–Kier alpha value is -2.82. The van der Waals surface area contributed by atoms with Crippen LogP contribution in [0, 0.1) is 16.7 Å². The van der Waals surface area contributed by atoms with E-state index in [-0.39, 0.29) is 11.3 Å². The number of nitriles is 1. The topological polar surface area (TPSA) is 151 Å². The first-order valence-corrected chi connectivity index (χ1v) is 17.0. The van der Waals surface area contributed by atoms with Gasteiger partial charge in [-0.15, -0.1) is 0 Å². The van der Waals surface area contributed by atoms with Gasteiger partial charge in [0.25, 0.3) is 0 Å². The van der Waals surface area contributed by atoms with Gasteiger partial charge in [-0.3, -0.25) is 4.99 Å². The van der Waals surface area contributed by atoms with Crippen molar-refractivity contribution in [1.29, 1.82) is 5.26 Å². The Kier molecular flexibility index (Phi) is 10.9. The average molecular weight is 630 g/mol. The summed E-state index contributed by atoms with van der Waals surface area (Å²) in [5, 5.41) is 17.0. The van der Waals surface area contributed by atoms with Crippen LogP contribution in [-0.2, 0) is 19.5 Å². The highest BCUT2D eigenvalue weighted by Gasteiger charge is 2.35. The third kappa shape index (κ3) is 9.09. The molecule has 11 nitrogen and oxygen atoms in total. The van der Waals surface area contributed by atoms with E-state index in [9.17, 15) is 13.7 Å². The molecule has 0 amide bonds. The van der Waals surface area contributed by atoms with Crippen molar-refractivity contribution in [2.45, 2.75) is 62.7 Å². The number of sulfonamides is 1. The number of rotatable bonds is 14. The fourth-order valence-corrected chi connectivity index (χ4v) is 6.89. The van der Waals surface area contributed by atoms with Gasteiger partial charge in [-0.05, 0) is 69.6 Å². The maximum atomic E-state index is 11.8. The lowest BCUT2D eigenvalue weighted by Crippen LogP contribution is -2.34. The minimum atomic E-state index is -3.15. The van der Waals surface area contributed by atoms with Gasteiger partial charge >= 0.3 is 0 Å². The van der Waals surface area contributed by atoms with Crippen LogP contribution in [0.3, 0.4) is 0 Å². The SMILES string of the molecule is N#CC1(CNc2cccc(-c3cc(NC4CCC(=NCCOCCNS(=O)(=O)C5CC5)CC4)ncc3Cl)n2)CCOCC1. The molecule has 3 aliphatic rings. The molecule has 0 aromatic carbocycles. The monoisotopic (exact) mass is 629 g/mol. The molecule has 0 atom stereocenters. The van der Waals surface area contributed by atoms with Gasteiger partial charge < -0.3 is 20.1 Å². The van der Waals surface area contributed by atoms with E-state index in [1.807, 2.05) is 24.3 Å². The zero-order chi connectivity index (χ0) is 30.1. The molecule has 3 fully saturated rings.